The number of carbonyl (C=O) groups excluding carboxylic acids is 4. The molecule has 1 aliphatic heterocycles. The molecule has 2 heterocycles. The highest BCUT2D eigenvalue weighted by molar-refractivity contribution is 7.15. The first-order valence-corrected chi connectivity index (χ1v) is 11.6. The van der Waals surface area contributed by atoms with Gasteiger partial charge in [-0.1, -0.05) is 36.4 Å². The number of esters is 2. The summed E-state index contributed by atoms with van der Waals surface area (Å²) in [6.45, 7) is 1.21. The van der Waals surface area contributed by atoms with Gasteiger partial charge in [0.25, 0.3) is 5.91 Å². The largest absolute Gasteiger partial charge is 0.462 e. The van der Waals surface area contributed by atoms with E-state index in [4.69, 9.17) is 9.47 Å². The third-order valence-corrected chi connectivity index (χ3v) is 6.19. The second-order valence-corrected chi connectivity index (χ2v) is 8.51. The minimum Gasteiger partial charge on any atom is -0.462 e. The molecule has 4 rings (SSSR count). The number of ether oxygens (including phenoxy) is 2. The molecular weight excluding hydrogens is 475 g/mol. The Morgan fingerprint density at radius 2 is 1.91 bits per heavy atom. The predicted molar refractivity (Wildman–Crippen MR) is 128 cm³/mol. The van der Waals surface area contributed by atoms with Crippen molar-refractivity contribution in [1.82, 2.24) is 0 Å². The van der Waals surface area contributed by atoms with Crippen molar-refractivity contribution < 1.29 is 33.0 Å². The van der Waals surface area contributed by atoms with Crippen LogP contribution in [0.1, 0.15) is 35.2 Å². The number of halogens is 1. The molecular formula is C25H21FN2O6S. The summed E-state index contributed by atoms with van der Waals surface area (Å²) in [5, 5.41) is 7.12. The molecule has 2 amide bonds. The average Bonchev–Trinajstić information content (AvgIpc) is 3.26. The normalized spacial score (nSPS) is 14.5. The number of hydrogen-bond acceptors (Lipinski definition) is 7. The Kier molecular flexibility index (Phi) is 7.21. The van der Waals surface area contributed by atoms with Crippen LogP contribution in [0.3, 0.4) is 0 Å². The fraction of sp³-hybridized carbons (Fsp3) is 0.200. The van der Waals surface area contributed by atoms with E-state index >= 15 is 0 Å². The van der Waals surface area contributed by atoms with Crippen LogP contribution < -0.4 is 10.6 Å². The SMILES string of the molecule is CCOC(=O)c1c(-c2ccccc2)csc1NC(=O)COC(=O)C1CC(=O)Nc2cc(F)ccc21. The summed E-state index contributed by atoms with van der Waals surface area (Å²) in [7, 11) is 0. The Hall–Kier alpha value is -4.05. The van der Waals surface area contributed by atoms with E-state index in [-0.39, 0.29) is 29.3 Å². The first-order valence-electron chi connectivity index (χ1n) is 10.8. The van der Waals surface area contributed by atoms with E-state index in [1.807, 2.05) is 30.3 Å². The lowest BCUT2D eigenvalue weighted by Gasteiger charge is -2.24. The van der Waals surface area contributed by atoms with Crippen LogP contribution >= 0.6 is 11.3 Å². The van der Waals surface area contributed by atoms with Gasteiger partial charge in [-0.25, -0.2) is 9.18 Å². The van der Waals surface area contributed by atoms with Gasteiger partial charge in [0, 0.05) is 23.1 Å². The summed E-state index contributed by atoms with van der Waals surface area (Å²) in [6.07, 6.45) is -0.183. The zero-order valence-electron chi connectivity index (χ0n) is 18.6. The lowest BCUT2D eigenvalue weighted by Crippen LogP contribution is -2.30. The second-order valence-electron chi connectivity index (χ2n) is 7.63. The zero-order chi connectivity index (χ0) is 24.9. The second kappa shape index (κ2) is 10.5. The van der Waals surface area contributed by atoms with E-state index in [2.05, 4.69) is 10.6 Å². The van der Waals surface area contributed by atoms with E-state index in [9.17, 15) is 23.6 Å². The molecule has 2 N–H and O–H groups in total. The van der Waals surface area contributed by atoms with Gasteiger partial charge in [0.15, 0.2) is 6.61 Å². The highest BCUT2D eigenvalue weighted by atomic mass is 32.1. The van der Waals surface area contributed by atoms with Crippen molar-refractivity contribution in [3.05, 3.63) is 70.9 Å². The van der Waals surface area contributed by atoms with E-state index in [1.54, 1.807) is 12.3 Å². The van der Waals surface area contributed by atoms with Crippen molar-refractivity contribution in [2.45, 2.75) is 19.3 Å². The van der Waals surface area contributed by atoms with Crippen molar-refractivity contribution in [2.24, 2.45) is 0 Å². The molecule has 10 heteroatoms. The van der Waals surface area contributed by atoms with Crippen molar-refractivity contribution in [3.8, 4) is 11.1 Å². The molecule has 0 radical (unpaired) electrons. The van der Waals surface area contributed by atoms with E-state index in [0.717, 1.165) is 23.0 Å². The molecule has 35 heavy (non-hydrogen) atoms. The number of carbonyl (C=O) groups is 4. The Morgan fingerprint density at radius 3 is 2.66 bits per heavy atom. The summed E-state index contributed by atoms with van der Waals surface area (Å²) >= 11 is 1.15. The summed E-state index contributed by atoms with van der Waals surface area (Å²) in [5.41, 5.74) is 2.20. The highest BCUT2D eigenvalue weighted by Crippen LogP contribution is 2.36. The molecule has 8 nitrogen and oxygen atoms in total. The smallest absolute Gasteiger partial charge is 0.341 e. The molecule has 1 aliphatic rings. The van der Waals surface area contributed by atoms with E-state index in [0.29, 0.717) is 11.1 Å². The van der Waals surface area contributed by atoms with Crippen molar-refractivity contribution in [1.29, 1.82) is 0 Å². The standard InChI is InChI=1S/C25H21FN2O6S/c1-2-33-25(32)22-18(14-6-4-3-5-7-14)13-35-23(22)28-21(30)12-34-24(31)17-11-20(29)27-19-10-15(26)8-9-16(17)19/h3-10,13,17H,2,11-12H2,1H3,(H,27,29)(H,28,30). The number of benzene rings is 2. The first kappa shape index (κ1) is 24.1. The molecule has 0 bridgehead atoms. The maximum Gasteiger partial charge on any atom is 0.341 e. The molecule has 0 saturated carbocycles. The minimum atomic E-state index is -0.964. The number of amides is 2. The third-order valence-electron chi connectivity index (χ3n) is 5.29. The topological polar surface area (TPSA) is 111 Å². The fourth-order valence-electron chi connectivity index (χ4n) is 3.73. The van der Waals surface area contributed by atoms with Gasteiger partial charge < -0.3 is 20.1 Å². The molecule has 0 aliphatic carbocycles. The lowest BCUT2D eigenvalue weighted by atomic mass is 9.90. The fourth-order valence-corrected chi connectivity index (χ4v) is 4.71. The quantitative estimate of drug-likeness (QED) is 0.471. The third kappa shape index (κ3) is 5.38. The van der Waals surface area contributed by atoms with Gasteiger partial charge >= 0.3 is 11.9 Å². The number of thiophene rings is 1. The minimum absolute atomic E-state index is 0.161. The molecule has 180 valence electrons. The van der Waals surface area contributed by atoms with Gasteiger partial charge in [-0.05, 0) is 30.2 Å². The van der Waals surface area contributed by atoms with Gasteiger partial charge in [-0.2, -0.15) is 0 Å². The summed E-state index contributed by atoms with van der Waals surface area (Å²) in [5.74, 6) is -4.01. The molecule has 1 unspecified atom stereocenters. The van der Waals surface area contributed by atoms with E-state index in [1.165, 1.54) is 12.1 Å². The van der Waals surface area contributed by atoms with Crippen LogP contribution in [0.5, 0.6) is 0 Å². The number of hydrogen-bond donors (Lipinski definition) is 2. The van der Waals surface area contributed by atoms with Gasteiger partial charge in [0.05, 0.1) is 12.5 Å². The van der Waals surface area contributed by atoms with E-state index < -0.39 is 42.1 Å². The molecule has 3 aromatic rings. The number of fused-ring (bicyclic) bond motifs is 1. The molecule has 2 aromatic carbocycles. The molecule has 1 aromatic heterocycles. The van der Waals surface area contributed by atoms with Crippen LogP contribution in [-0.2, 0) is 23.9 Å². The van der Waals surface area contributed by atoms with Gasteiger partial charge in [-0.15, -0.1) is 11.3 Å². The predicted octanol–water partition coefficient (Wildman–Crippen LogP) is 4.34. The van der Waals surface area contributed by atoms with Crippen molar-refractivity contribution in [2.75, 3.05) is 23.8 Å². The maximum atomic E-state index is 13.5. The molecule has 1 atom stereocenters. The molecule has 0 fully saturated rings. The summed E-state index contributed by atoms with van der Waals surface area (Å²) < 4.78 is 23.8. The highest BCUT2D eigenvalue weighted by Gasteiger charge is 2.32. The lowest BCUT2D eigenvalue weighted by molar-refractivity contribution is -0.149. The summed E-state index contributed by atoms with van der Waals surface area (Å²) in [4.78, 5) is 49.8. The van der Waals surface area contributed by atoms with Crippen molar-refractivity contribution >= 4 is 45.8 Å². The Labute approximate surface area is 204 Å². The number of rotatable bonds is 7. The van der Waals surface area contributed by atoms with Crippen LogP contribution in [0.2, 0.25) is 0 Å². The first-order chi connectivity index (χ1) is 16.9. The van der Waals surface area contributed by atoms with Crippen LogP contribution in [-0.4, -0.2) is 37.0 Å². The Morgan fingerprint density at radius 1 is 1.14 bits per heavy atom. The number of nitrogens with one attached hydrogen (secondary N) is 2. The van der Waals surface area contributed by atoms with Crippen LogP contribution in [0, 0.1) is 5.82 Å². The van der Waals surface area contributed by atoms with Gasteiger partial charge in [0.1, 0.15) is 16.4 Å². The molecule has 0 spiro atoms. The van der Waals surface area contributed by atoms with Gasteiger partial charge in [-0.3, -0.25) is 14.4 Å². The van der Waals surface area contributed by atoms with Gasteiger partial charge in [0.2, 0.25) is 5.91 Å². The van der Waals surface area contributed by atoms with Crippen LogP contribution in [0.25, 0.3) is 11.1 Å². The monoisotopic (exact) mass is 496 g/mol. The molecule has 0 saturated heterocycles. The van der Waals surface area contributed by atoms with Crippen LogP contribution in [0.15, 0.2) is 53.9 Å². The average molecular weight is 497 g/mol. The number of anilines is 2. The van der Waals surface area contributed by atoms with Crippen LogP contribution in [0.4, 0.5) is 15.1 Å². The zero-order valence-corrected chi connectivity index (χ0v) is 19.4. The van der Waals surface area contributed by atoms with Crippen molar-refractivity contribution in [3.63, 3.8) is 0 Å². The summed E-state index contributed by atoms with van der Waals surface area (Å²) in [6, 6.07) is 12.9. The maximum absolute atomic E-state index is 13.5. The Bertz CT molecular complexity index is 1290. The Balaban J connectivity index is 1.47.